The Labute approximate surface area is 152 Å². The normalized spacial score (nSPS) is 21.4. The maximum absolute atomic E-state index is 12.8. The van der Waals surface area contributed by atoms with Crippen molar-refractivity contribution in [2.45, 2.75) is 31.7 Å². The third-order valence-corrected chi connectivity index (χ3v) is 5.36. The van der Waals surface area contributed by atoms with E-state index in [2.05, 4.69) is 15.0 Å². The maximum atomic E-state index is 12.8. The highest BCUT2D eigenvalue weighted by Gasteiger charge is 2.37. The summed E-state index contributed by atoms with van der Waals surface area (Å²) in [7, 11) is 0. The largest absolute Gasteiger partial charge is 0.348 e. The number of carbonyl (C=O) groups is 2. The molecule has 2 aliphatic heterocycles. The average Bonchev–Trinajstić information content (AvgIpc) is 3.33. The fourth-order valence-electron chi connectivity index (χ4n) is 3.91. The summed E-state index contributed by atoms with van der Waals surface area (Å²) in [6.45, 7) is 2.43. The molecule has 2 amide bonds. The van der Waals surface area contributed by atoms with Gasteiger partial charge in [0.05, 0.1) is 18.2 Å². The molecule has 2 fully saturated rings. The first kappa shape index (κ1) is 16.8. The van der Waals surface area contributed by atoms with Crippen molar-refractivity contribution in [1.29, 1.82) is 0 Å². The number of rotatable bonds is 4. The Balaban J connectivity index is 1.32. The zero-order valence-corrected chi connectivity index (χ0v) is 14.7. The quantitative estimate of drug-likeness (QED) is 0.904. The molecule has 1 atom stereocenters. The smallest absolute Gasteiger partial charge is 0.227 e. The van der Waals surface area contributed by atoms with Crippen LogP contribution in [0.2, 0.25) is 0 Å². The summed E-state index contributed by atoms with van der Waals surface area (Å²) in [6, 6.07) is 5.67. The number of carbonyl (C=O) groups excluding carboxylic acids is 2. The van der Waals surface area contributed by atoms with Crippen molar-refractivity contribution < 1.29 is 9.59 Å². The van der Waals surface area contributed by atoms with Crippen LogP contribution in [0.4, 0.5) is 0 Å². The van der Waals surface area contributed by atoms with Gasteiger partial charge < -0.3 is 14.8 Å². The second-order valence-electron chi connectivity index (χ2n) is 7.07. The van der Waals surface area contributed by atoms with E-state index in [0.29, 0.717) is 25.4 Å². The number of aromatic amines is 1. The molecule has 7 nitrogen and oxygen atoms in total. The van der Waals surface area contributed by atoms with Crippen molar-refractivity contribution in [2.75, 3.05) is 19.6 Å². The van der Waals surface area contributed by atoms with E-state index in [0.717, 1.165) is 37.4 Å². The second-order valence-corrected chi connectivity index (χ2v) is 7.07. The van der Waals surface area contributed by atoms with Crippen molar-refractivity contribution in [1.82, 2.24) is 24.8 Å². The molecule has 2 aromatic heterocycles. The van der Waals surface area contributed by atoms with Crippen LogP contribution < -0.4 is 0 Å². The van der Waals surface area contributed by atoms with Crippen LogP contribution in [-0.4, -0.2) is 56.2 Å². The number of aromatic nitrogens is 3. The number of amides is 2. The van der Waals surface area contributed by atoms with E-state index in [1.807, 2.05) is 29.3 Å². The van der Waals surface area contributed by atoms with Gasteiger partial charge >= 0.3 is 0 Å². The Kier molecular flexibility index (Phi) is 4.69. The van der Waals surface area contributed by atoms with E-state index in [9.17, 15) is 9.59 Å². The molecular weight excluding hydrogens is 330 g/mol. The first-order valence-corrected chi connectivity index (χ1v) is 9.16. The van der Waals surface area contributed by atoms with E-state index in [1.165, 1.54) is 0 Å². The summed E-state index contributed by atoms with van der Waals surface area (Å²) >= 11 is 0. The van der Waals surface area contributed by atoms with E-state index in [4.69, 9.17) is 0 Å². The third-order valence-electron chi connectivity index (χ3n) is 5.36. The zero-order valence-electron chi connectivity index (χ0n) is 14.7. The molecule has 7 heteroatoms. The van der Waals surface area contributed by atoms with Gasteiger partial charge in [-0.1, -0.05) is 6.07 Å². The number of piperidine rings is 1. The van der Waals surface area contributed by atoms with Crippen LogP contribution in [0, 0.1) is 5.92 Å². The van der Waals surface area contributed by atoms with Gasteiger partial charge in [-0.2, -0.15) is 0 Å². The number of nitrogens with zero attached hydrogens (tertiary/aromatic N) is 4. The van der Waals surface area contributed by atoms with Crippen LogP contribution in [0.5, 0.6) is 0 Å². The molecule has 2 aromatic rings. The van der Waals surface area contributed by atoms with Crippen LogP contribution in [0.3, 0.4) is 0 Å². The lowest BCUT2D eigenvalue weighted by atomic mass is 9.95. The standard InChI is InChI=1S/C19H23N5O2/c25-17-11-15(12-24(17)13-16-3-1-2-6-20-16)19(26)23-9-4-14(5-10-23)18-21-7-8-22-18/h1-3,6-8,14-15H,4-5,9-13H2,(H,21,22)/t15-/m1/s1. The van der Waals surface area contributed by atoms with Crippen molar-refractivity contribution in [2.24, 2.45) is 5.92 Å². The van der Waals surface area contributed by atoms with E-state index in [1.54, 1.807) is 17.3 Å². The van der Waals surface area contributed by atoms with Gasteiger partial charge in [-0.15, -0.1) is 0 Å². The lowest BCUT2D eigenvalue weighted by Crippen LogP contribution is -2.42. The minimum atomic E-state index is -0.230. The molecule has 26 heavy (non-hydrogen) atoms. The summed E-state index contributed by atoms with van der Waals surface area (Å²) in [6.07, 6.45) is 7.47. The molecule has 4 heterocycles. The Morgan fingerprint density at radius 1 is 1.19 bits per heavy atom. The van der Waals surface area contributed by atoms with E-state index in [-0.39, 0.29) is 17.7 Å². The molecular formula is C19H23N5O2. The molecule has 0 spiro atoms. The van der Waals surface area contributed by atoms with Gasteiger partial charge in [0.25, 0.3) is 0 Å². The Morgan fingerprint density at radius 2 is 2.04 bits per heavy atom. The Morgan fingerprint density at radius 3 is 2.73 bits per heavy atom. The van der Waals surface area contributed by atoms with Crippen LogP contribution >= 0.6 is 0 Å². The molecule has 0 unspecified atom stereocenters. The molecule has 0 saturated carbocycles. The van der Waals surface area contributed by atoms with Crippen LogP contribution in [0.1, 0.15) is 36.7 Å². The Hall–Kier alpha value is -2.70. The minimum Gasteiger partial charge on any atom is -0.348 e. The summed E-state index contributed by atoms with van der Waals surface area (Å²) in [5.74, 6) is 1.32. The highest BCUT2D eigenvalue weighted by atomic mass is 16.2. The van der Waals surface area contributed by atoms with Gasteiger partial charge in [-0.25, -0.2) is 4.98 Å². The van der Waals surface area contributed by atoms with Gasteiger partial charge in [0, 0.05) is 50.6 Å². The molecule has 4 rings (SSSR count). The lowest BCUT2D eigenvalue weighted by Gasteiger charge is -2.32. The molecule has 0 bridgehead atoms. The van der Waals surface area contributed by atoms with Gasteiger partial charge in [0.2, 0.25) is 11.8 Å². The second kappa shape index (κ2) is 7.27. The SMILES string of the molecule is O=C1C[C@@H](C(=O)N2CCC(c3ncc[nH]3)CC2)CN1Cc1ccccn1. The van der Waals surface area contributed by atoms with Crippen LogP contribution in [0.15, 0.2) is 36.8 Å². The molecule has 0 radical (unpaired) electrons. The maximum Gasteiger partial charge on any atom is 0.227 e. The number of likely N-dealkylation sites (tertiary alicyclic amines) is 2. The predicted octanol–water partition coefficient (Wildman–Crippen LogP) is 1.56. The van der Waals surface area contributed by atoms with E-state index < -0.39 is 0 Å². The predicted molar refractivity (Wildman–Crippen MR) is 94.9 cm³/mol. The molecule has 136 valence electrons. The first-order valence-electron chi connectivity index (χ1n) is 9.16. The molecule has 2 aliphatic rings. The Bertz CT molecular complexity index is 754. The minimum absolute atomic E-state index is 0.0412. The van der Waals surface area contributed by atoms with Crippen LogP contribution in [0.25, 0.3) is 0 Å². The van der Waals surface area contributed by atoms with Crippen LogP contribution in [-0.2, 0) is 16.1 Å². The van der Waals surface area contributed by atoms with Crippen molar-refractivity contribution in [3.05, 3.63) is 48.3 Å². The topological polar surface area (TPSA) is 82.2 Å². The van der Waals surface area contributed by atoms with Crippen molar-refractivity contribution >= 4 is 11.8 Å². The molecule has 0 aromatic carbocycles. The number of hydrogen-bond donors (Lipinski definition) is 1. The zero-order chi connectivity index (χ0) is 17.9. The summed E-state index contributed by atoms with van der Waals surface area (Å²) in [4.78, 5) is 40.6. The molecule has 0 aliphatic carbocycles. The fraction of sp³-hybridized carbons (Fsp3) is 0.474. The lowest BCUT2D eigenvalue weighted by molar-refractivity contribution is -0.136. The number of H-pyrrole nitrogens is 1. The number of nitrogens with one attached hydrogen (secondary N) is 1. The van der Waals surface area contributed by atoms with Gasteiger partial charge in [-0.3, -0.25) is 14.6 Å². The summed E-state index contributed by atoms with van der Waals surface area (Å²) in [5, 5.41) is 0. The summed E-state index contributed by atoms with van der Waals surface area (Å²) in [5.41, 5.74) is 0.855. The number of imidazole rings is 1. The van der Waals surface area contributed by atoms with Crippen molar-refractivity contribution in [3.63, 3.8) is 0 Å². The average molecular weight is 353 g/mol. The van der Waals surface area contributed by atoms with Gasteiger partial charge in [0.15, 0.2) is 0 Å². The highest BCUT2D eigenvalue weighted by molar-refractivity contribution is 5.89. The number of hydrogen-bond acceptors (Lipinski definition) is 4. The molecule has 2 saturated heterocycles. The summed E-state index contributed by atoms with van der Waals surface area (Å²) < 4.78 is 0. The van der Waals surface area contributed by atoms with E-state index >= 15 is 0 Å². The van der Waals surface area contributed by atoms with Gasteiger partial charge in [-0.05, 0) is 25.0 Å². The van der Waals surface area contributed by atoms with Crippen molar-refractivity contribution in [3.8, 4) is 0 Å². The number of pyridine rings is 1. The van der Waals surface area contributed by atoms with Gasteiger partial charge in [0.1, 0.15) is 5.82 Å². The monoisotopic (exact) mass is 353 g/mol. The first-order chi connectivity index (χ1) is 12.7. The third kappa shape index (κ3) is 3.47. The molecule has 1 N–H and O–H groups in total. The highest BCUT2D eigenvalue weighted by Crippen LogP contribution is 2.28. The fourth-order valence-corrected chi connectivity index (χ4v) is 3.91.